The number of hydrogen-bond donors (Lipinski definition) is 2. The number of ether oxygens (including phenoxy) is 4. The van der Waals surface area contributed by atoms with Gasteiger partial charge in [-0.15, -0.1) is 0 Å². The summed E-state index contributed by atoms with van der Waals surface area (Å²) in [5.41, 5.74) is -3.10. The van der Waals surface area contributed by atoms with E-state index in [0.29, 0.717) is 19.3 Å². The van der Waals surface area contributed by atoms with Gasteiger partial charge in [-0.2, -0.15) is 0 Å². The van der Waals surface area contributed by atoms with E-state index in [4.69, 9.17) is 18.9 Å². The van der Waals surface area contributed by atoms with E-state index >= 15 is 0 Å². The highest BCUT2D eigenvalue weighted by Gasteiger charge is 2.76. The van der Waals surface area contributed by atoms with Crippen molar-refractivity contribution in [3.63, 3.8) is 0 Å². The number of epoxide rings is 1. The summed E-state index contributed by atoms with van der Waals surface area (Å²) in [5.74, 6) is -3.43. The molecule has 4 aliphatic rings. The molecule has 2 aliphatic carbocycles. The molecule has 9 heteroatoms. The second-order valence-corrected chi connectivity index (χ2v) is 10.5. The number of aliphatic hydroxyl groups excluding tert-OH is 1. The molecule has 0 aromatic heterocycles. The zero-order valence-corrected chi connectivity index (χ0v) is 20.0. The molecule has 3 fully saturated rings. The van der Waals surface area contributed by atoms with E-state index in [1.807, 2.05) is 20.8 Å². The van der Waals surface area contributed by atoms with E-state index in [-0.39, 0.29) is 6.10 Å². The third-order valence-corrected chi connectivity index (χ3v) is 8.47. The van der Waals surface area contributed by atoms with E-state index in [1.54, 1.807) is 6.08 Å². The van der Waals surface area contributed by atoms with Crippen LogP contribution in [0.3, 0.4) is 0 Å². The van der Waals surface area contributed by atoms with Crippen LogP contribution in [0.1, 0.15) is 60.8 Å². The molecule has 184 valence electrons. The fraction of sp³-hybridized carbons (Fsp3) is 0.792. The van der Waals surface area contributed by atoms with Gasteiger partial charge in [0.1, 0.15) is 17.8 Å². The lowest BCUT2D eigenvalue weighted by atomic mass is 9.53. The van der Waals surface area contributed by atoms with Crippen molar-refractivity contribution in [2.45, 2.75) is 103 Å². The summed E-state index contributed by atoms with van der Waals surface area (Å²) in [4.78, 5) is 36.7. The van der Waals surface area contributed by atoms with Crippen LogP contribution in [-0.4, -0.2) is 69.8 Å². The molecule has 1 saturated carbocycles. The number of rotatable bonds is 2. The molecule has 0 bridgehead atoms. The van der Waals surface area contributed by atoms with Crippen molar-refractivity contribution in [3.8, 4) is 0 Å². The fourth-order valence-corrected chi connectivity index (χ4v) is 6.54. The molecule has 0 amide bonds. The topological polar surface area (TPSA) is 132 Å². The van der Waals surface area contributed by atoms with E-state index in [1.165, 1.54) is 20.8 Å². The quantitative estimate of drug-likeness (QED) is 0.268. The predicted octanol–water partition coefficient (Wildman–Crippen LogP) is 1.43. The molecule has 33 heavy (non-hydrogen) atoms. The van der Waals surface area contributed by atoms with Gasteiger partial charge in [-0.25, -0.2) is 0 Å². The molecule has 0 aromatic rings. The average Bonchev–Trinajstić information content (AvgIpc) is 3.31. The van der Waals surface area contributed by atoms with Gasteiger partial charge in [0, 0.05) is 31.6 Å². The first-order valence-electron chi connectivity index (χ1n) is 11.6. The molecule has 2 aliphatic heterocycles. The van der Waals surface area contributed by atoms with Crippen molar-refractivity contribution in [1.29, 1.82) is 0 Å². The molecule has 10 atom stereocenters. The third-order valence-electron chi connectivity index (χ3n) is 8.47. The lowest BCUT2D eigenvalue weighted by molar-refractivity contribution is -0.224. The van der Waals surface area contributed by atoms with Gasteiger partial charge in [0.15, 0.2) is 6.10 Å². The van der Waals surface area contributed by atoms with Crippen molar-refractivity contribution >= 4 is 17.9 Å². The Balaban J connectivity index is 1.92. The zero-order valence-electron chi connectivity index (χ0n) is 20.0. The van der Waals surface area contributed by atoms with Gasteiger partial charge in [0.05, 0.1) is 23.7 Å². The number of esters is 3. The Labute approximate surface area is 193 Å². The maximum absolute atomic E-state index is 12.5. The summed E-state index contributed by atoms with van der Waals surface area (Å²) in [6.45, 7) is 9.63. The van der Waals surface area contributed by atoms with Gasteiger partial charge in [0.2, 0.25) is 0 Å². The van der Waals surface area contributed by atoms with Crippen LogP contribution in [0.25, 0.3) is 0 Å². The summed E-state index contributed by atoms with van der Waals surface area (Å²) in [7, 11) is 0. The highest BCUT2D eigenvalue weighted by Crippen LogP contribution is 2.64. The van der Waals surface area contributed by atoms with Gasteiger partial charge in [-0.3, -0.25) is 14.4 Å². The summed E-state index contributed by atoms with van der Waals surface area (Å²) >= 11 is 0. The fourth-order valence-electron chi connectivity index (χ4n) is 6.54. The molecule has 0 aromatic carbocycles. The minimum Gasteiger partial charge on any atom is -0.462 e. The van der Waals surface area contributed by atoms with Crippen LogP contribution in [0.15, 0.2) is 11.6 Å². The molecule has 0 spiro atoms. The van der Waals surface area contributed by atoms with Crippen LogP contribution in [0.4, 0.5) is 0 Å². The summed E-state index contributed by atoms with van der Waals surface area (Å²) in [5, 5.41) is 23.8. The number of aliphatic hydroxyl groups is 2. The van der Waals surface area contributed by atoms with Gasteiger partial charge >= 0.3 is 17.9 Å². The van der Waals surface area contributed by atoms with Gasteiger partial charge in [-0.1, -0.05) is 12.5 Å². The van der Waals surface area contributed by atoms with Crippen LogP contribution in [-0.2, 0) is 33.3 Å². The molecule has 9 nitrogen and oxygen atoms in total. The molecule has 2 heterocycles. The Morgan fingerprint density at radius 3 is 2.36 bits per heavy atom. The number of allylic oxidation sites excluding steroid dienone is 1. The number of carbonyl (C=O) groups is 3. The van der Waals surface area contributed by atoms with Crippen LogP contribution in [0.2, 0.25) is 0 Å². The van der Waals surface area contributed by atoms with Crippen LogP contribution >= 0.6 is 0 Å². The third kappa shape index (κ3) is 3.51. The van der Waals surface area contributed by atoms with Gasteiger partial charge in [0.25, 0.3) is 0 Å². The second kappa shape index (κ2) is 7.78. The smallest absolute Gasteiger partial charge is 0.312 e. The lowest BCUT2D eigenvalue weighted by Crippen LogP contribution is -2.68. The summed E-state index contributed by atoms with van der Waals surface area (Å²) in [6, 6.07) is 0. The van der Waals surface area contributed by atoms with E-state index in [0.717, 1.165) is 5.57 Å². The highest BCUT2D eigenvalue weighted by atomic mass is 16.6. The number of hydrogen-bond acceptors (Lipinski definition) is 9. The first-order valence-corrected chi connectivity index (χ1v) is 11.6. The summed E-state index contributed by atoms with van der Waals surface area (Å²) in [6.07, 6.45) is -1.41. The number of fused-ring (bicyclic) bond motifs is 4. The van der Waals surface area contributed by atoms with Crippen molar-refractivity contribution < 1.29 is 43.5 Å². The predicted molar refractivity (Wildman–Crippen MR) is 114 cm³/mol. The lowest BCUT2D eigenvalue weighted by Gasteiger charge is -2.55. The Bertz CT molecular complexity index is 898. The van der Waals surface area contributed by atoms with Crippen molar-refractivity contribution in [3.05, 3.63) is 11.6 Å². The molecule has 4 rings (SSSR count). The first kappa shape index (κ1) is 24.2. The normalized spacial score (nSPS) is 50.5. The van der Waals surface area contributed by atoms with E-state index in [2.05, 4.69) is 0 Å². The standard InChI is InChI=1S/C24H34O9/c1-11-7-8-15(30-13(3)25)22(5)16(31-14(4)26)10-17-23(6,33-17)19(22)20(27)24(29)12(2)21(28)32-18(24)9-11/h9,12,15-20,27,29H,7-8,10H2,1-6H3/b11-9-/t12-,15-,16-,17-,18-,19+,20-,22-,23-,24+/m0/s1. The Morgan fingerprint density at radius 1 is 1.15 bits per heavy atom. The average molecular weight is 467 g/mol. The molecular formula is C24H34O9. The van der Waals surface area contributed by atoms with Crippen molar-refractivity contribution in [2.75, 3.05) is 0 Å². The maximum Gasteiger partial charge on any atom is 0.312 e. The minimum absolute atomic E-state index is 0.317. The molecule has 0 unspecified atom stereocenters. The number of carbonyl (C=O) groups excluding carboxylic acids is 3. The highest BCUT2D eigenvalue weighted by molar-refractivity contribution is 5.77. The largest absolute Gasteiger partial charge is 0.462 e. The zero-order chi connectivity index (χ0) is 24.5. The molecule has 0 radical (unpaired) electrons. The van der Waals surface area contributed by atoms with Gasteiger partial charge in [-0.05, 0) is 39.7 Å². The molecule has 2 saturated heterocycles. The molecule has 2 N–H and O–H groups in total. The SMILES string of the molecule is CC(=O)O[C@H]1CC/C(C)=C\[C@@H]2OC(=O)[C@H](C)[C@]2(O)[C@@H](O)[C@H]2[C@@]3(C)O[C@H]3C[C@H](OC(C)=O)[C@]12C. The van der Waals surface area contributed by atoms with E-state index < -0.39 is 70.8 Å². The molecular weight excluding hydrogens is 432 g/mol. The second-order valence-electron chi connectivity index (χ2n) is 10.5. The van der Waals surface area contributed by atoms with Gasteiger partial charge < -0.3 is 29.2 Å². The summed E-state index contributed by atoms with van der Waals surface area (Å²) < 4.78 is 23.1. The van der Waals surface area contributed by atoms with Crippen molar-refractivity contribution in [2.24, 2.45) is 17.3 Å². The Kier molecular flexibility index (Phi) is 5.70. The maximum atomic E-state index is 12.5. The first-order chi connectivity index (χ1) is 15.3. The van der Waals surface area contributed by atoms with E-state index in [9.17, 15) is 24.6 Å². The van der Waals surface area contributed by atoms with Crippen LogP contribution in [0.5, 0.6) is 0 Å². The van der Waals surface area contributed by atoms with Crippen LogP contribution in [0, 0.1) is 17.3 Å². The minimum atomic E-state index is -1.94. The Morgan fingerprint density at radius 2 is 1.76 bits per heavy atom. The Hall–Kier alpha value is -1.97. The monoisotopic (exact) mass is 466 g/mol. The van der Waals surface area contributed by atoms with Crippen LogP contribution < -0.4 is 0 Å². The van der Waals surface area contributed by atoms with Crippen molar-refractivity contribution in [1.82, 2.24) is 0 Å².